The van der Waals surface area contributed by atoms with Crippen molar-refractivity contribution in [2.24, 2.45) is 0 Å². The summed E-state index contributed by atoms with van der Waals surface area (Å²) in [4.78, 5) is 0. The minimum atomic E-state index is 0.267. The van der Waals surface area contributed by atoms with Crippen LogP contribution in [0.3, 0.4) is 0 Å². The topological polar surface area (TPSA) is 20.2 Å². The van der Waals surface area contributed by atoms with E-state index in [2.05, 4.69) is 19.6 Å². The summed E-state index contributed by atoms with van der Waals surface area (Å²) >= 11 is 4.91. The van der Waals surface area contributed by atoms with Crippen molar-refractivity contribution in [1.29, 1.82) is 0 Å². The normalized spacial score (nSPS) is 7.62. The van der Waals surface area contributed by atoms with Gasteiger partial charge in [-0.2, -0.15) is 12.6 Å². The fraction of sp³-hybridized carbons (Fsp3) is 1.00. The second-order valence-electron chi connectivity index (χ2n) is 1.30. The maximum absolute atomic E-state index is 8.02. The quantitative estimate of drug-likeness (QED) is 0.580. The van der Waals surface area contributed by atoms with Crippen LogP contribution in [0.1, 0.15) is 13.3 Å². The Labute approximate surface area is 73.2 Å². The summed E-state index contributed by atoms with van der Waals surface area (Å²) in [6, 6.07) is 0. The first-order chi connectivity index (χ1) is 3.83. The molecule has 0 spiro atoms. The van der Waals surface area contributed by atoms with Gasteiger partial charge in [0.05, 0.1) is 0 Å². The largest absolute Gasteiger partial charge is 0.396 e. The number of rotatable bonds is 2. The molecule has 0 fully saturated rings. The van der Waals surface area contributed by atoms with Crippen molar-refractivity contribution in [2.45, 2.75) is 17.3 Å². The zero-order chi connectivity index (χ0) is 6.83. The van der Waals surface area contributed by atoms with Gasteiger partial charge < -0.3 is 5.11 Å². The molecule has 0 aromatic rings. The molecule has 8 heavy (non-hydrogen) atoms. The van der Waals surface area contributed by atoms with Crippen LogP contribution in [-0.2, 0) is 26.1 Å². The third-order valence-electron chi connectivity index (χ3n) is 0.316. The molecule has 3 heteroatoms. The predicted octanol–water partition coefficient (Wildman–Crippen LogP) is 1.27. The van der Waals surface area contributed by atoms with E-state index in [9.17, 15) is 0 Å². The molecule has 0 saturated heterocycles. The average molecular weight is 322 g/mol. The van der Waals surface area contributed by atoms with E-state index in [4.69, 9.17) is 5.11 Å². The van der Waals surface area contributed by atoms with E-state index in [0.717, 1.165) is 38.3 Å². The van der Waals surface area contributed by atoms with Gasteiger partial charge in [-0.15, -0.1) is 0 Å². The molecule has 0 amide bonds. The van der Waals surface area contributed by atoms with Crippen LogP contribution in [0.15, 0.2) is 0 Å². The molecule has 47 valence electrons. The number of aliphatic hydroxyl groups excluding tert-OH is 1. The molecule has 1 N–H and O–H groups in total. The first kappa shape index (κ1) is 12.0. The molecule has 0 atom stereocenters. The Morgan fingerprint density at radius 2 is 2.00 bits per heavy atom. The van der Waals surface area contributed by atoms with Crippen LogP contribution in [0.25, 0.3) is 0 Å². The fourth-order valence-corrected chi connectivity index (χ4v) is 0.212. The molecule has 0 aromatic heterocycles. The minimum absolute atomic E-state index is 0.267. The van der Waals surface area contributed by atoms with Gasteiger partial charge in [0.15, 0.2) is 0 Å². The molecule has 0 bridgehead atoms. The Hall–Kier alpha value is 1.25. The zero-order valence-corrected chi connectivity index (χ0v) is 11.8. The van der Waals surface area contributed by atoms with Crippen LogP contribution in [0.4, 0.5) is 0 Å². The van der Waals surface area contributed by atoms with Gasteiger partial charge in [-0.1, -0.05) is 0 Å². The van der Waals surface area contributed by atoms with Crippen molar-refractivity contribution in [1.82, 2.24) is 0 Å². The van der Waals surface area contributed by atoms with Crippen LogP contribution in [0, 0.1) is 0 Å². The summed E-state index contributed by atoms with van der Waals surface area (Å²) in [6.45, 7) is 2.48. The van der Waals surface area contributed by atoms with E-state index in [0.29, 0.717) is 0 Å². The van der Waals surface area contributed by atoms with Crippen LogP contribution in [-0.4, -0.2) is 17.5 Å². The van der Waals surface area contributed by atoms with Crippen LogP contribution in [0.5, 0.6) is 0 Å². The van der Waals surface area contributed by atoms with Crippen molar-refractivity contribution < 1.29 is 31.2 Å². The van der Waals surface area contributed by atoms with Gasteiger partial charge in [0.25, 0.3) is 0 Å². The Morgan fingerprint density at radius 1 is 1.62 bits per heavy atom. The predicted molar refractivity (Wildman–Crippen MR) is 36.0 cm³/mol. The standard InChI is InChI=1S/C3H8OS.C2H5.Hg/c4-2-1-3-5;1-2;/h4-5H,1-3H2;1H2,2H3;. The maximum atomic E-state index is 8.02. The molecular weight excluding hydrogens is 309 g/mol. The smallest absolute Gasteiger partial charge is 0.0438 e. The van der Waals surface area contributed by atoms with E-state index in [1.807, 2.05) is 0 Å². The Kier molecular flexibility index (Phi) is 23.5. The zero-order valence-electron chi connectivity index (χ0n) is 5.43. The average Bonchev–Trinajstić information content (AvgIpc) is 1.71. The first-order valence-electron chi connectivity index (χ1n) is 2.84. The molecule has 0 saturated carbocycles. The number of hydrogen-bond donors (Lipinski definition) is 2. The van der Waals surface area contributed by atoms with Crippen molar-refractivity contribution in [3.63, 3.8) is 0 Å². The van der Waals surface area contributed by atoms with Gasteiger partial charge in [0, 0.05) is 6.61 Å². The van der Waals surface area contributed by atoms with Crippen molar-refractivity contribution in [3.05, 3.63) is 0 Å². The molecule has 0 heterocycles. The molecule has 0 rings (SSSR count). The van der Waals surface area contributed by atoms with E-state index >= 15 is 0 Å². The van der Waals surface area contributed by atoms with Crippen molar-refractivity contribution >= 4 is 12.6 Å². The Morgan fingerprint density at radius 3 is 2.00 bits per heavy atom. The number of aliphatic hydroxyl groups is 1. The Bertz CT molecular complexity index is 26.4. The maximum Gasteiger partial charge on any atom is 0.0438 e. The molecular formula is C5H13HgOS. The molecule has 0 aliphatic heterocycles. The Balaban J connectivity index is 0. The van der Waals surface area contributed by atoms with Gasteiger partial charge in [-0.05, 0) is 12.2 Å². The van der Waals surface area contributed by atoms with E-state index in [1.54, 1.807) is 0 Å². The summed E-state index contributed by atoms with van der Waals surface area (Å²) in [7, 11) is 0. The summed E-state index contributed by atoms with van der Waals surface area (Å²) < 4.78 is 1.44. The van der Waals surface area contributed by atoms with E-state index in [1.165, 1.54) is 3.93 Å². The molecule has 0 aromatic carbocycles. The van der Waals surface area contributed by atoms with Crippen LogP contribution in [0.2, 0.25) is 3.93 Å². The van der Waals surface area contributed by atoms with Crippen molar-refractivity contribution in [2.75, 3.05) is 12.4 Å². The summed E-state index contributed by atoms with van der Waals surface area (Å²) in [5, 5.41) is 8.02. The molecule has 1 nitrogen and oxygen atoms in total. The SMILES string of the molecule is C[CH2][Hg].OCCCS. The van der Waals surface area contributed by atoms with E-state index < -0.39 is 0 Å². The molecule has 0 aliphatic carbocycles. The number of hydrogen-bond acceptors (Lipinski definition) is 2. The summed E-state index contributed by atoms with van der Waals surface area (Å²) in [6.07, 6.45) is 0.809. The second kappa shape index (κ2) is 15.7. The van der Waals surface area contributed by atoms with Crippen molar-refractivity contribution in [3.8, 4) is 0 Å². The molecule has 0 radical (unpaired) electrons. The van der Waals surface area contributed by atoms with Crippen LogP contribution >= 0.6 is 12.6 Å². The summed E-state index contributed by atoms with van der Waals surface area (Å²) in [5.74, 6) is 0.788. The third-order valence-corrected chi connectivity index (χ3v) is 0.632. The fourth-order valence-electron chi connectivity index (χ4n) is 0.0707. The molecule has 0 unspecified atom stereocenters. The third kappa shape index (κ3) is 26.8. The minimum Gasteiger partial charge on any atom is -0.396 e. The molecule has 0 aliphatic rings. The first-order valence-corrected chi connectivity index (χ1v) is 7.36. The van der Waals surface area contributed by atoms with Gasteiger partial charge in [0.1, 0.15) is 0 Å². The van der Waals surface area contributed by atoms with Gasteiger partial charge in [-0.25, -0.2) is 0 Å². The number of thiol groups is 1. The monoisotopic (exact) mass is 323 g/mol. The second-order valence-corrected chi connectivity index (χ2v) is 5.64. The van der Waals surface area contributed by atoms with Crippen LogP contribution < -0.4 is 0 Å². The van der Waals surface area contributed by atoms with E-state index in [-0.39, 0.29) is 6.61 Å². The van der Waals surface area contributed by atoms with Gasteiger partial charge >= 0.3 is 37.0 Å². The summed E-state index contributed by atoms with van der Waals surface area (Å²) in [5.41, 5.74) is 0. The van der Waals surface area contributed by atoms with Gasteiger partial charge in [0.2, 0.25) is 0 Å². The van der Waals surface area contributed by atoms with Gasteiger partial charge in [-0.3, -0.25) is 0 Å².